The van der Waals surface area contributed by atoms with Crippen LogP contribution < -0.4 is 5.49 Å². The second-order valence-electron chi connectivity index (χ2n) is 6.42. The minimum atomic E-state index is 0.156. The van der Waals surface area contributed by atoms with Gasteiger partial charge in [0.25, 0.3) is 0 Å². The number of benzene rings is 2. The van der Waals surface area contributed by atoms with Gasteiger partial charge in [0.15, 0.2) is 16.7 Å². The van der Waals surface area contributed by atoms with Crippen molar-refractivity contribution < 1.29 is 0 Å². The first kappa shape index (κ1) is 17.4. The molecule has 136 valence electrons. The molecule has 1 N–H and O–H groups in total. The summed E-state index contributed by atoms with van der Waals surface area (Å²) in [7, 11) is 0. The Bertz CT molecular complexity index is 1280. The van der Waals surface area contributed by atoms with Crippen LogP contribution in [-0.4, -0.2) is 25.4 Å². The van der Waals surface area contributed by atoms with Crippen molar-refractivity contribution in [2.75, 3.05) is 0 Å². The molecule has 0 aliphatic carbocycles. The molecule has 28 heavy (non-hydrogen) atoms. The van der Waals surface area contributed by atoms with Gasteiger partial charge >= 0.3 is 0 Å². The van der Waals surface area contributed by atoms with Crippen LogP contribution in [0.2, 0.25) is 0 Å². The van der Waals surface area contributed by atoms with Gasteiger partial charge in [-0.15, -0.1) is 0 Å². The number of rotatable bonds is 3. The zero-order valence-electron chi connectivity index (χ0n) is 15.5. The van der Waals surface area contributed by atoms with Crippen molar-refractivity contribution in [1.82, 2.24) is 19.2 Å². The summed E-state index contributed by atoms with van der Waals surface area (Å²) in [6, 6.07) is 17.2. The van der Waals surface area contributed by atoms with Crippen molar-refractivity contribution in [3.05, 3.63) is 82.9 Å². The molecule has 4 rings (SSSR count). The molecule has 2 aromatic carbocycles. The SMILES string of the molecule is Cc1ccc(-n2c(C)nc3c(=N)n(/N=C\c4ccc(C#N)cc4)cnc32)cc1. The maximum Gasteiger partial charge on any atom is 0.177 e. The van der Waals surface area contributed by atoms with Crippen molar-refractivity contribution in [3.63, 3.8) is 0 Å². The average molecular weight is 367 g/mol. The predicted molar refractivity (Wildman–Crippen MR) is 106 cm³/mol. The third kappa shape index (κ3) is 3.08. The van der Waals surface area contributed by atoms with Crippen molar-refractivity contribution in [1.29, 1.82) is 10.7 Å². The van der Waals surface area contributed by atoms with E-state index < -0.39 is 0 Å². The first-order valence-corrected chi connectivity index (χ1v) is 8.69. The molecule has 0 fully saturated rings. The van der Waals surface area contributed by atoms with E-state index in [1.54, 1.807) is 30.5 Å². The van der Waals surface area contributed by atoms with Crippen molar-refractivity contribution in [2.24, 2.45) is 5.10 Å². The van der Waals surface area contributed by atoms with Crippen LogP contribution >= 0.6 is 0 Å². The molecular formula is C21H17N7. The van der Waals surface area contributed by atoms with E-state index >= 15 is 0 Å². The molecule has 7 heteroatoms. The van der Waals surface area contributed by atoms with E-state index in [-0.39, 0.29) is 5.49 Å². The van der Waals surface area contributed by atoms with E-state index in [0.717, 1.165) is 17.1 Å². The Labute approximate surface area is 161 Å². The summed E-state index contributed by atoms with van der Waals surface area (Å²) in [6.45, 7) is 3.93. The fraction of sp³-hybridized carbons (Fsp3) is 0.0952. The highest BCUT2D eigenvalue weighted by Crippen LogP contribution is 2.17. The lowest BCUT2D eigenvalue weighted by molar-refractivity contribution is 0.779. The standard InChI is InChI=1S/C21H17N7/c1-14-3-9-18(10-4-14)28-15(2)26-19-20(23)27(13-24-21(19)28)25-12-17-7-5-16(11-22)6-8-17/h3-10,12-13,23H,1-2H3/b23-20?,25-12-. The molecule has 0 bridgehead atoms. The summed E-state index contributed by atoms with van der Waals surface area (Å²) in [4.78, 5) is 9.02. The number of fused-ring (bicyclic) bond motifs is 1. The zero-order chi connectivity index (χ0) is 19.7. The minimum Gasteiger partial charge on any atom is -0.281 e. The van der Waals surface area contributed by atoms with Crippen LogP contribution in [-0.2, 0) is 0 Å². The predicted octanol–water partition coefficient (Wildman–Crippen LogP) is 3.07. The van der Waals surface area contributed by atoms with Crippen LogP contribution in [0.25, 0.3) is 16.9 Å². The van der Waals surface area contributed by atoms with Gasteiger partial charge in [-0.2, -0.15) is 10.4 Å². The van der Waals surface area contributed by atoms with Crippen molar-refractivity contribution in [2.45, 2.75) is 13.8 Å². The van der Waals surface area contributed by atoms with E-state index in [9.17, 15) is 0 Å². The van der Waals surface area contributed by atoms with E-state index in [1.807, 2.05) is 42.7 Å². The van der Waals surface area contributed by atoms with Crippen LogP contribution in [0.1, 0.15) is 22.5 Å². The van der Waals surface area contributed by atoms with Crippen LogP contribution in [0, 0.1) is 30.6 Å². The van der Waals surface area contributed by atoms with E-state index in [4.69, 9.17) is 10.7 Å². The molecule has 2 heterocycles. The third-order valence-electron chi connectivity index (χ3n) is 4.43. The quantitative estimate of drug-likeness (QED) is 0.564. The van der Waals surface area contributed by atoms with Gasteiger partial charge < -0.3 is 0 Å². The van der Waals surface area contributed by atoms with Crippen LogP contribution in [0.15, 0.2) is 60.0 Å². The van der Waals surface area contributed by atoms with Gasteiger partial charge in [0, 0.05) is 5.69 Å². The monoisotopic (exact) mass is 367 g/mol. The number of nitriles is 1. The van der Waals surface area contributed by atoms with E-state index in [0.29, 0.717) is 16.7 Å². The zero-order valence-corrected chi connectivity index (χ0v) is 15.5. The highest BCUT2D eigenvalue weighted by Gasteiger charge is 2.13. The first-order chi connectivity index (χ1) is 13.6. The fourth-order valence-electron chi connectivity index (χ4n) is 2.94. The largest absolute Gasteiger partial charge is 0.281 e. The van der Waals surface area contributed by atoms with Gasteiger partial charge in [-0.25, -0.2) is 14.6 Å². The number of nitrogens with zero attached hydrogens (tertiary/aromatic N) is 6. The molecule has 0 aliphatic heterocycles. The number of nitrogens with one attached hydrogen (secondary N) is 1. The smallest absolute Gasteiger partial charge is 0.177 e. The molecule has 2 aromatic heterocycles. The summed E-state index contributed by atoms with van der Waals surface area (Å²) in [6.07, 6.45) is 3.13. The lowest BCUT2D eigenvalue weighted by Gasteiger charge is -2.07. The Hall–Kier alpha value is -4.05. The Balaban J connectivity index is 1.75. The fourth-order valence-corrected chi connectivity index (χ4v) is 2.94. The van der Waals surface area contributed by atoms with Gasteiger partial charge in [-0.3, -0.25) is 9.98 Å². The van der Waals surface area contributed by atoms with Crippen LogP contribution in [0.4, 0.5) is 0 Å². The van der Waals surface area contributed by atoms with Crippen molar-refractivity contribution in [3.8, 4) is 11.8 Å². The Morgan fingerprint density at radius 1 is 1.07 bits per heavy atom. The molecular weight excluding hydrogens is 350 g/mol. The van der Waals surface area contributed by atoms with E-state index in [1.165, 1.54) is 16.6 Å². The normalized spacial score (nSPS) is 11.2. The van der Waals surface area contributed by atoms with Gasteiger partial charge in [0.2, 0.25) is 0 Å². The number of aromatic nitrogens is 4. The van der Waals surface area contributed by atoms with Crippen molar-refractivity contribution >= 4 is 17.4 Å². The topological polar surface area (TPSA) is 95.6 Å². The number of aryl methyl sites for hydroxylation is 2. The molecule has 0 unspecified atom stereocenters. The molecule has 0 saturated carbocycles. The summed E-state index contributed by atoms with van der Waals surface area (Å²) >= 11 is 0. The maximum atomic E-state index is 8.86. The molecule has 0 amide bonds. The first-order valence-electron chi connectivity index (χ1n) is 8.69. The molecule has 0 aliphatic rings. The molecule has 0 spiro atoms. The van der Waals surface area contributed by atoms with Gasteiger partial charge in [0.1, 0.15) is 12.2 Å². The van der Waals surface area contributed by atoms with Gasteiger partial charge in [-0.05, 0) is 43.7 Å². The Kier molecular flexibility index (Phi) is 4.30. The summed E-state index contributed by atoms with van der Waals surface area (Å²) in [5.41, 5.74) is 4.81. The third-order valence-corrected chi connectivity index (χ3v) is 4.43. The van der Waals surface area contributed by atoms with Gasteiger partial charge in [-0.1, -0.05) is 29.8 Å². The Morgan fingerprint density at radius 3 is 2.46 bits per heavy atom. The summed E-state index contributed by atoms with van der Waals surface area (Å²) < 4.78 is 3.31. The number of imidazole rings is 1. The summed E-state index contributed by atoms with van der Waals surface area (Å²) in [5.74, 6) is 0.758. The number of hydrogen-bond donors (Lipinski definition) is 1. The van der Waals surface area contributed by atoms with Crippen LogP contribution in [0.3, 0.4) is 0 Å². The summed E-state index contributed by atoms with van der Waals surface area (Å²) in [5, 5.41) is 21.6. The number of hydrogen-bond acceptors (Lipinski definition) is 5. The lowest BCUT2D eigenvalue weighted by Crippen LogP contribution is -2.18. The average Bonchev–Trinajstić information content (AvgIpc) is 3.05. The lowest BCUT2D eigenvalue weighted by atomic mass is 10.2. The molecule has 0 radical (unpaired) electrons. The highest BCUT2D eigenvalue weighted by atomic mass is 15.4. The van der Waals surface area contributed by atoms with Gasteiger partial charge in [0.05, 0.1) is 17.8 Å². The molecule has 7 nitrogen and oxygen atoms in total. The second-order valence-corrected chi connectivity index (χ2v) is 6.42. The molecule has 0 atom stereocenters. The molecule has 4 aromatic rings. The maximum absolute atomic E-state index is 8.86. The minimum absolute atomic E-state index is 0.156. The highest BCUT2D eigenvalue weighted by molar-refractivity contribution is 5.80. The molecule has 0 saturated heterocycles. The van der Waals surface area contributed by atoms with Crippen LogP contribution in [0.5, 0.6) is 0 Å². The second kappa shape index (κ2) is 6.93. The van der Waals surface area contributed by atoms with E-state index in [2.05, 4.69) is 21.1 Å². The Morgan fingerprint density at radius 2 is 1.79 bits per heavy atom.